The van der Waals surface area contributed by atoms with Crippen molar-refractivity contribution in [1.29, 1.82) is 0 Å². The molecule has 0 radical (unpaired) electrons. The van der Waals surface area contributed by atoms with E-state index in [0.29, 0.717) is 5.75 Å². The van der Waals surface area contributed by atoms with Gasteiger partial charge in [0.15, 0.2) is 0 Å². The Balaban J connectivity index is 1.40. The van der Waals surface area contributed by atoms with E-state index in [-0.39, 0.29) is 5.91 Å². The number of aromatic nitrogens is 3. The zero-order chi connectivity index (χ0) is 16.6. The van der Waals surface area contributed by atoms with Crippen molar-refractivity contribution in [2.24, 2.45) is 5.92 Å². The summed E-state index contributed by atoms with van der Waals surface area (Å²) < 4.78 is 0. The third-order valence-electron chi connectivity index (χ3n) is 5.31. The van der Waals surface area contributed by atoms with Gasteiger partial charge in [-0.1, -0.05) is 56.7 Å². The van der Waals surface area contributed by atoms with Crippen LogP contribution in [0.5, 0.6) is 0 Å². The minimum absolute atomic E-state index is 0.235. The summed E-state index contributed by atoms with van der Waals surface area (Å²) >= 11 is 1.47. The first-order valence-corrected chi connectivity index (χ1v) is 10.6. The third kappa shape index (κ3) is 5.50. The molecule has 1 saturated heterocycles. The number of likely N-dealkylation sites (tertiary alicyclic amines) is 1. The Kier molecular flexibility index (Phi) is 6.99. The van der Waals surface area contributed by atoms with Gasteiger partial charge in [-0.2, -0.15) is 0 Å². The summed E-state index contributed by atoms with van der Waals surface area (Å²) in [5, 5.41) is 8.03. The van der Waals surface area contributed by atoms with Crippen LogP contribution in [0.25, 0.3) is 0 Å². The number of carbonyl (C=O) groups excluding carboxylic acids is 1. The molecule has 0 aromatic carbocycles. The normalized spacial score (nSPS) is 20.1. The van der Waals surface area contributed by atoms with Crippen LogP contribution >= 0.6 is 11.8 Å². The van der Waals surface area contributed by atoms with Crippen LogP contribution in [-0.2, 0) is 11.2 Å². The van der Waals surface area contributed by atoms with Crippen molar-refractivity contribution in [2.75, 3.05) is 18.8 Å². The van der Waals surface area contributed by atoms with Crippen LogP contribution in [0.4, 0.5) is 0 Å². The Morgan fingerprint density at radius 2 is 1.79 bits per heavy atom. The van der Waals surface area contributed by atoms with Crippen molar-refractivity contribution >= 4 is 17.7 Å². The molecular formula is C18H30N4OS. The monoisotopic (exact) mass is 350 g/mol. The van der Waals surface area contributed by atoms with Crippen molar-refractivity contribution in [2.45, 2.75) is 75.8 Å². The summed E-state index contributed by atoms with van der Waals surface area (Å²) in [6.45, 7) is 1.83. The number of thioether (sulfide) groups is 1. The lowest BCUT2D eigenvalue weighted by Crippen LogP contribution is -2.35. The van der Waals surface area contributed by atoms with Gasteiger partial charge in [0.1, 0.15) is 5.82 Å². The smallest absolute Gasteiger partial charge is 0.233 e. The minimum atomic E-state index is 0.235. The van der Waals surface area contributed by atoms with E-state index in [0.717, 1.165) is 49.3 Å². The predicted octanol–water partition coefficient (Wildman–Crippen LogP) is 3.81. The number of nitrogens with zero attached hydrogens (tertiary/aromatic N) is 3. The van der Waals surface area contributed by atoms with Crippen LogP contribution in [-0.4, -0.2) is 44.8 Å². The quantitative estimate of drug-likeness (QED) is 0.793. The van der Waals surface area contributed by atoms with E-state index in [1.165, 1.54) is 63.1 Å². The molecule has 1 aliphatic carbocycles. The lowest BCUT2D eigenvalue weighted by atomic mass is 10.0. The molecule has 1 amide bonds. The molecule has 2 heterocycles. The second-order valence-corrected chi connectivity index (χ2v) is 8.13. The summed E-state index contributed by atoms with van der Waals surface area (Å²) in [4.78, 5) is 19.0. The zero-order valence-electron chi connectivity index (χ0n) is 14.6. The van der Waals surface area contributed by atoms with E-state index in [9.17, 15) is 4.79 Å². The molecule has 0 bridgehead atoms. The topological polar surface area (TPSA) is 61.9 Å². The van der Waals surface area contributed by atoms with E-state index in [4.69, 9.17) is 0 Å². The maximum Gasteiger partial charge on any atom is 0.233 e. The van der Waals surface area contributed by atoms with Gasteiger partial charge in [0, 0.05) is 19.5 Å². The van der Waals surface area contributed by atoms with Gasteiger partial charge in [-0.05, 0) is 25.2 Å². The van der Waals surface area contributed by atoms with E-state index in [1.54, 1.807) is 0 Å². The molecule has 5 nitrogen and oxygen atoms in total. The first-order chi connectivity index (χ1) is 11.8. The van der Waals surface area contributed by atoms with Crippen molar-refractivity contribution in [3.8, 4) is 0 Å². The third-order valence-corrected chi connectivity index (χ3v) is 6.14. The van der Waals surface area contributed by atoms with Gasteiger partial charge in [-0.25, -0.2) is 4.98 Å². The van der Waals surface area contributed by atoms with Gasteiger partial charge in [0.25, 0.3) is 0 Å². The van der Waals surface area contributed by atoms with Crippen LogP contribution in [0.3, 0.4) is 0 Å². The number of amides is 1. The highest BCUT2D eigenvalue weighted by Gasteiger charge is 2.17. The largest absolute Gasteiger partial charge is 0.342 e. The maximum absolute atomic E-state index is 12.4. The molecule has 0 unspecified atom stereocenters. The molecular weight excluding hydrogens is 320 g/mol. The van der Waals surface area contributed by atoms with Crippen molar-refractivity contribution < 1.29 is 4.79 Å². The van der Waals surface area contributed by atoms with Crippen molar-refractivity contribution in [1.82, 2.24) is 20.1 Å². The van der Waals surface area contributed by atoms with Crippen molar-refractivity contribution in [3.05, 3.63) is 5.82 Å². The predicted molar refractivity (Wildman–Crippen MR) is 97.1 cm³/mol. The molecule has 0 atom stereocenters. The van der Waals surface area contributed by atoms with E-state index >= 15 is 0 Å². The van der Waals surface area contributed by atoms with Crippen LogP contribution in [0, 0.1) is 5.92 Å². The molecule has 2 fully saturated rings. The summed E-state index contributed by atoms with van der Waals surface area (Å²) in [7, 11) is 0. The summed E-state index contributed by atoms with van der Waals surface area (Å²) in [6, 6.07) is 0. The first kappa shape index (κ1) is 17.8. The summed E-state index contributed by atoms with van der Waals surface area (Å²) in [5.74, 6) is 2.54. The Hall–Kier alpha value is -1.04. The number of H-pyrrole nitrogens is 1. The fourth-order valence-electron chi connectivity index (χ4n) is 3.81. The molecule has 3 rings (SSSR count). The Morgan fingerprint density at radius 1 is 1.08 bits per heavy atom. The summed E-state index contributed by atoms with van der Waals surface area (Å²) in [6.07, 6.45) is 13.8. The van der Waals surface area contributed by atoms with Crippen LogP contribution < -0.4 is 0 Å². The average molecular weight is 351 g/mol. The number of carbonyl (C=O) groups is 1. The molecule has 1 aliphatic heterocycles. The lowest BCUT2D eigenvalue weighted by Gasteiger charge is -2.24. The summed E-state index contributed by atoms with van der Waals surface area (Å²) in [5.41, 5.74) is 0. The van der Waals surface area contributed by atoms with Gasteiger partial charge >= 0.3 is 0 Å². The van der Waals surface area contributed by atoms with E-state index in [2.05, 4.69) is 15.2 Å². The number of nitrogens with one attached hydrogen (secondary N) is 1. The number of hydrogen-bond donors (Lipinski definition) is 1. The molecule has 134 valence electrons. The molecule has 1 N–H and O–H groups in total. The SMILES string of the molecule is O=C(CSc1n[nH]c(CCC2CCCC2)n1)N1CCCCCCC1. The average Bonchev–Trinajstić information content (AvgIpc) is 3.22. The minimum Gasteiger partial charge on any atom is -0.342 e. The molecule has 24 heavy (non-hydrogen) atoms. The second kappa shape index (κ2) is 9.44. The zero-order valence-corrected chi connectivity index (χ0v) is 15.5. The Labute approximate surface area is 149 Å². The lowest BCUT2D eigenvalue weighted by molar-refractivity contribution is -0.128. The van der Waals surface area contributed by atoms with Gasteiger partial charge in [0.2, 0.25) is 11.1 Å². The molecule has 1 aromatic heterocycles. The molecule has 2 aliphatic rings. The van der Waals surface area contributed by atoms with Crippen molar-refractivity contribution in [3.63, 3.8) is 0 Å². The second-order valence-electron chi connectivity index (χ2n) is 7.19. The van der Waals surface area contributed by atoms with E-state index in [1.807, 2.05) is 4.90 Å². The Morgan fingerprint density at radius 3 is 2.54 bits per heavy atom. The number of aromatic amines is 1. The first-order valence-electron chi connectivity index (χ1n) is 9.63. The van der Waals surface area contributed by atoms with Gasteiger partial charge in [-0.15, -0.1) is 5.10 Å². The van der Waals surface area contributed by atoms with Gasteiger partial charge in [-0.3, -0.25) is 9.89 Å². The number of rotatable bonds is 6. The fourth-order valence-corrected chi connectivity index (χ4v) is 4.53. The highest BCUT2D eigenvalue weighted by Crippen LogP contribution is 2.28. The van der Waals surface area contributed by atoms with E-state index < -0.39 is 0 Å². The molecule has 1 saturated carbocycles. The maximum atomic E-state index is 12.4. The highest BCUT2D eigenvalue weighted by atomic mass is 32.2. The molecule has 1 aromatic rings. The number of hydrogen-bond acceptors (Lipinski definition) is 4. The Bertz CT molecular complexity index is 505. The molecule has 0 spiro atoms. The van der Waals surface area contributed by atoms with Gasteiger partial charge in [0.05, 0.1) is 5.75 Å². The standard InChI is InChI=1S/C18H30N4OS/c23-17(22-12-6-2-1-3-7-13-22)14-24-18-19-16(20-21-18)11-10-15-8-4-5-9-15/h15H,1-14H2,(H,19,20,21). The highest BCUT2D eigenvalue weighted by molar-refractivity contribution is 7.99. The fraction of sp³-hybridized carbons (Fsp3) is 0.833. The number of aryl methyl sites for hydroxylation is 1. The van der Waals surface area contributed by atoms with Crippen LogP contribution in [0.1, 0.15) is 70.0 Å². The molecule has 6 heteroatoms. The van der Waals surface area contributed by atoms with Crippen LogP contribution in [0.15, 0.2) is 5.16 Å². The van der Waals surface area contributed by atoms with Gasteiger partial charge < -0.3 is 4.90 Å². The van der Waals surface area contributed by atoms with Crippen LogP contribution in [0.2, 0.25) is 0 Å².